The molecule has 6 nitrogen and oxygen atoms in total. The number of nitrogens with one attached hydrogen (secondary N) is 3. The van der Waals surface area contributed by atoms with Crippen molar-refractivity contribution >= 4 is 23.0 Å². The normalized spacial score (nSPS) is 11.4. The zero-order valence-electron chi connectivity index (χ0n) is 20.3. The third-order valence-electron chi connectivity index (χ3n) is 4.73. The number of anilines is 4. The van der Waals surface area contributed by atoms with Gasteiger partial charge in [-0.1, -0.05) is 38.6 Å². The molecule has 0 amide bonds. The first-order valence-corrected chi connectivity index (χ1v) is 11.0. The highest BCUT2D eigenvalue weighted by atomic mass is 19.2. The van der Waals surface area contributed by atoms with Crippen LogP contribution >= 0.6 is 0 Å². The van der Waals surface area contributed by atoms with E-state index in [-0.39, 0.29) is 0 Å². The van der Waals surface area contributed by atoms with Crippen LogP contribution in [-0.4, -0.2) is 35.8 Å². The van der Waals surface area contributed by atoms with Gasteiger partial charge in [-0.05, 0) is 55.0 Å². The van der Waals surface area contributed by atoms with Crippen LogP contribution in [0.25, 0.3) is 11.4 Å². The zero-order chi connectivity index (χ0) is 25.1. The van der Waals surface area contributed by atoms with Gasteiger partial charge in [-0.25, -0.2) is 8.78 Å². The zero-order valence-corrected chi connectivity index (χ0v) is 20.3. The fourth-order valence-electron chi connectivity index (χ4n) is 2.93. The molecular formula is C26H32F2N6. The molecule has 0 spiro atoms. The molecule has 3 rings (SSSR count). The van der Waals surface area contributed by atoms with E-state index in [1.807, 2.05) is 81.4 Å². The molecule has 1 aromatic heterocycles. The maximum atomic E-state index is 13.6. The minimum absolute atomic E-state index is 0.297. The van der Waals surface area contributed by atoms with Crippen LogP contribution in [0, 0.1) is 0 Å². The molecule has 0 aliphatic heterocycles. The van der Waals surface area contributed by atoms with Crippen molar-refractivity contribution in [2.45, 2.75) is 20.8 Å². The van der Waals surface area contributed by atoms with Crippen LogP contribution in [-0.2, 0) is 0 Å². The van der Waals surface area contributed by atoms with Crippen LogP contribution < -0.4 is 15.5 Å². The first-order valence-electron chi connectivity index (χ1n) is 11.0. The van der Waals surface area contributed by atoms with Crippen molar-refractivity contribution in [1.82, 2.24) is 15.2 Å². The summed E-state index contributed by atoms with van der Waals surface area (Å²) in [7, 11) is 3.97. The Morgan fingerprint density at radius 2 is 1.76 bits per heavy atom. The molecule has 0 saturated carbocycles. The average molecular weight is 467 g/mol. The van der Waals surface area contributed by atoms with Crippen molar-refractivity contribution in [3.8, 4) is 11.4 Å². The van der Waals surface area contributed by atoms with Crippen molar-refractivity contribution in [1.29, 1.82) is 0 Å². The Kier molecular flexibility index (Phi) is 10.0. The third kappa shape index (κ3) is 7.30. The van der Waals surface area contributed by atoms with Crippen LogP contribution in [0.3, 0.4) is 0 Å². The van der Waals surface area contributed by atoms with Crippen LogP contribution in [0.5, 0.6) is 0 Å². The van der Waals surface area contributed by atoms with Crippen LogP contribution in [0.2, 0.25) is 0 Å². The van der Waals surface area contributed by atoms with Crippen molar-refractivity contribution in [2.24, 2.45) is 0 Å². The number of aromatic nitrogens is 3. The summed E-state index contributed by atoms with van der Waals surface area (Å²) < 4.78 is 26.5. The smallest absolute Gasteiger partial charge is 0.246 e. The summed E-state index contributed by atoms with van der Waals surface area (Å²) in [5.41, 5.74) is 4.12. The largest absolute Gasteiger partial charge is 0.380 e. The molecule has 3 N–H and O–H groups in total. The predicted molar refractivity (Wildman–Crippen MR) is 139 cm³/mol. The Balaban J connectivity index is 0.00000199. The maximum absolute atomic E-state index is 13.6. The highest BCUT2D eigenvalue weighted by Gasteiger charge is 2.11. The summed E-state index contributed by atoms with van der Waals surface area (Å²) in [5.74, 6) is -1.07. The fraction of sp³-hybridized carbons (Fsp3) is 0.231. The molecule has 3 aromatic rings. The number of H-pyrrole nitrogens is 1. The predicted octanol–water partition coefficient (Wildman–Crippen LogP) is 7.00. The quantitative estimate of drug-likeness (QED) is 0.296. The van der Waals surface area contributed by atoms with Gasteiger partial charge in [0.25, 0.3) is 0 Å². The Morgan fingerprint density at radius 3 is 2.38 bits per heavy atom. The number of rotatable bonds is 9. The first-order chi connectivity index (χ1) is 16.4. The van der Waals surface area contributed by atoms with E-state index in [2.05, 4.69) is 32.4 Å². The molecule has 180 valence electrons. The Labute approximate surface area is 200 Å². The van der Waals surface area contributed by atoms with Gasteiger partial charge in [-0.3, -0.25) is 5.10 Å². The van der Waals surface area contributed by atoms with Gasteiger partial charge in [-0.15, -0.1) is 5.10 Å². The molecule has 0 saturated heterocycles. The molecule has 34 heavy (non-hydrogen) atoms. The maximum Gasteiger partial charge on any atom is 0.246 e. The standard InChI is InChI=1S/C24H26F2N6.C2H6/c1-5-17(14-21(26)16(2)25)15-27-22-9-7-6-8-20(22)23-29-24(31-30-23)28-18-10-12-19(13-11-18)32(3)4;1-2/h5-14,27H,2,15H2,1,3-4H3,(H2,28,29,30,31);1-2H3/b17-5+,21-14+;. The first kappa shape index (κ1) is 26.3. The molecule has 0 aliphatic rings. The van der Waals surface area contributed by atoms with Gasteiger partial charge in [0.15, 0.2) is 17.5 Å². The Hall–Kier alpha value is -3.94. The topological polar surface area (TPSA) is 68.9 Å². The van der Waals surface area contributed by atoms with E-state index < -0.39 is 11.7 Å². The second kappa shape index (κ2) is 12.9. The summed E-state index contributed by atoms with van der Waals surface area (Å²) in [6, 6.07) is 15.5. The molecule has 8 heteroatoms. The number of nitrogens with zero attached hydrogens (tertiary/aromatic N) is 3. The number of aromatic amines is 1. The van der Waals surface area contributed by atoms with Gasteiger partial charge in [0.05, 0.1) is 0 Å². The summed E-state index contributed by atoms with van der Waals surface area (Å²) >= 11 is 0. The fourth-order valence-corrected chi connectivity index (χ4v) is 2.93. The SMILES string of the molecule is C=C(F)/C(F)=C\C(=C/C)CNc1ccccc1-c1nc(Nc2ccc(N(C)C)cc2)n[nH]1.CC. The lowest BCUT2D eigenvalue weighted by molar-refractivity contribution is 0.547. The molecular weight excluding hydrogens is 434 g/mol. The molecule has 0 atom stereocenters. The second-order valence-electron chi connectivity index (χ2n) is 7.23. The van der Waals surface area contributed by atoms with E-state index >= 15 is 0 Å². The summed E-state index contributed by atoms with van der Waals surface area (Å²) in [5, 5.41) is 13.6. The van der Waals surface area contributed by atoms with Gasteiger partial charge < -0.3 is 15.5 Å². The minimum Gasteiger partial charge on any atom is -0.380 e. The molecule has 0 unspecified atom stereocenters. The van der Waals surface area contributed by atoms with Crippen molar-refractivity contribution in [3.05, 3.63) is 84.5 Å². The van der Waals surface area contributed by atoms with E-state index in [1.165, 1.54) is 0 Å². The van der Waals surface area contributed by atoms with Crippen molar-refractivity contribution in [2.75, 3.05) is 36.2 Å². The molecule has 0 aliphatic carbocycles. The second-order valence-corrected chi connectivity index (χ2v) is 7.23. The summed E-state index contributed by atoms with van der Waals surface area (Å²) in [6.45, 7) is 9.03. The number of benzene rings is 2. The third-order valence-corrected chi connectivity index (χ3v) is 4.73. The lowest BCUT2D eigenvalue weighted by Gasteiger charge is -2.12. The molecule has 0 radical (unpaired) electrons. The van der Waals surface area contributed by atoms with E-state index in [1.54, 1.807) is 13.0 Å². The number of hydrogen-bond acceptors (Lipinski definition) is 5. The van der Waals surface area contributed by atoms with Crippen LogP contribution in [0.15, 0.2) is 84.5 Å². The van der Waals surface area contributed by atoms with Crippen molar-refractivity contribution < 1.29 is 8.78 Å². The van der Waals surface area contributed by atoms with Gasteiger partial charge in [0.2, 0.25) is 5.95 Å². The number of halogens is 2. The van der Waals surface area contributed by atoms with Crippen LogP contribution in [0.1, 0.15) is 20.8 Å². The summed E-state index contributed by atoms with van der Waals surface area (Å²) in [4.78, 5) is 6.56. The number of para-hydroxylation sites is 1. The Morgan fingerprint density at radius 1 is 1.09 bits per heavy atom. The molecule has 1 heterocycles. The van der Waals surface area contributed by atoms with Crippen LogP contribution in [0.4, 0.5) is 31.8 Å². The number of allylic oxidation sites excluding steroid dienone is 3. The lowest BCUT2D eigenvalue weighted by Crippen LogP contribution is -2.08. The number of hydrogen-bond donors (Lipinski definition) is 3. The lowest BCUT2D eigenvalue weighted by atomic mass is 10.1. The van der Waals surface area contributed by atoms with E-state index in [9.17, 15) is 8.78 Å². The molecule has 0 fully saturated rings. The van der Waals surface area contributed by atoms with E-state index in [4.69, 9.17) is 0 Å². The monoisotopic (exact) mass is 466 g/mol. The van der Waals surface area contributed by atoms with Gasteiger partial charge >= 0.3 is 0 Å². The van der Waals surface area contributed by atoms with E-state index in [0.29, 0.717) is 23.9 Å². The highest BCUT2D eigenvalue weighted by Crippen LogP contribution is 2.27. The van der Waals surface area contributed by atoms with E-state index in [0.717, 1.165) is 28.7 Å². The molecule has 0 bridgehead atoms. The summed E-state index contributed by atoms with van der Waals surface area (Å²) in [6.07, 6.45) is 2.83. The minimum atomic E-state index is -1.09. The Bertz CT molecular complexity index is 1130. The van der Waals surface area contributed by atoms with Gasteiger partial charge in [0, 0.05) is 43.3 Å². The highest BCUT2D eigenvalue weighted by molar-refractivity contribution is 5.74. The average Bonchev–Trinajstić information content (AvgIpc) is 3.31. The van der Waals surface area contributed by atoms with Gasteiger partial charge in [0.1, 0.15) is 0 Å². The molecule has 2 aromatic carbocycles. The van der Waals surface area contributed by atoms with Crippen molar-refractivity contribution in [3.63, 3.8) is 0 Å². The van der Waals surface area contributed by atoms with Gasteiger partial charge in [-0.2, -0.15) is 4.98 Å².